The average molecular weight is 308 g/mol. The zero-order valence-corrected chi connectivity index (χ0v) is 11.7. The third-order valence-electron chi connectivity index (χ3n) is 2.95. The fraction of sp³-hybridized carbons (Fsp3) is 0.667. The quantitative estimate of drug-likeness (QED) is 0.876. The van der Waals surface area contributed by atoms with Crippen LogP contribution in [-0.2, 0) is 6.42 Å². The number of rotatable bonds is 6. The zero-order chi connectivity index (χ0) is 14.9. The monoisotopic (exact) mass is 308 g/mol. The molecule has 1 fully saturated rings. The van der Waals surface area contributed by atoms with E-state index >= 15 is 0 Å². The average Bonchev–Trinajstić information content (AvgIpc) is 3.06. The number of nitrogens with zero attached hydrogens (tertiary/aromatic N) is 2. The minimum Gasteiger partial charge on any atom is -0.477 e. The van der Waals surface area contributed by atoms with Crippen LogP contribution in [0, 0.1) is 0 Å². The van der Waals surface area contributed by atoms with Crippen molar-refractivity contribution in [2.75, 3.05) is 11.4 Å². The van der Waals surface area contributed by atoms with Crippen molar-refractivity contribution < 1.29 is 23.1 Å². The van der Waals surface area contributed by atoms with E-state index in [9.17, 15) is 18.0 Å². The Hall–Kier alpha value is -1.31. The highest BCUT2D eigenvalue weighted by atomic mass is 32.1. The molecule has 0 unspecified atom stereocenters. The fourth-order valence-corrected chi connectivity index (χ4v) is 2.99. The number of aryl methyl sites for hydroxylation is 1. The molecule has 1 heterocycles. The van der Waals surface area contributed by atoms with Gasteiger partial charge in [0.25, 0.3) is 0 Å². The summed E-state index contributed by atoms with van der Waals surface area (Å²) < 4.78 is 37.8. The van der Waals surface area contributed by atoms with Crippen molar-refractivity contribution in [3.63, 3.8) is 0 Å². The highest BCUT2D eigenvalue weighted by molar-refractivity contribution is 7.17. The van der Waals surface area contributed by atoms with Crippen molar-refractivity contribution in [1.29, 1.82) is 0 Å². The Bertz CT molecular complexity index is 497. The summed E-state index contributed by atoms with van der Waals surface area (Å²) in [6.07, 6.45) is -1.76. The molecule has 1 aromatic rings. The molecule has 112 valence electrons. The lowest BCUT2D eigenvalue weighted by Gasteiger charge is -2.22. The summed E-state index contributed by atoms with van der Waals surface area (Å²) in [7, 11) is 0. The molecule has 1 aliphatic rings. The van der Waals surface area contributed by atoms with Gasteiger partial charge in [-0.2, -0.15) is 13.2 Å². The van der Waals surface area contributed by atoms with Gasteiger partial charge in [-0.25, -0.2) is 9.78 Å². The number of carboxylic acids is 1. The third kappa shape index (κ3) is 3.62. The number of carboxylic acid groups (broad SMARTS) is 1. The molecule has 2 rings (SSSR count). The lowest BCUT2D eigenvalue weighted by Crippen LogP contribution is -2.35. The summed E-state index contributed by atoms with van der Waals surface area (Å²) in [5.74, 6) is -1.13. The molecule has 0 aliphatic heterocycles. The number of anilines is 1. The zero-order valence-electron chi connectivity index (χ0n) is 10.9. The maximum absolute atomic E-state index is 12.6. The minimum absolute atomic E-state index is 0.0506. The molecule has 4 nitrogen and oxygen atoms in total. The predicted octanol–water partition coefficient (Wildman–Crippen LogP) is 3.32. The molecule has 0 radical (unpaired) electrons. The number of aromatic carboxylic acids is 1. The molecule has 1 aromatic heterocycles. The van der Waals surface area contributed by atoms with E-state index in [0.717, 1.165) is 11.3 Å². The van der Waals surface area contributed by atoms with Crippen LogP contribution in [0.4, 0.5) is 18.3 Å². The van der Waals surface area contributed by atoms with E-state index in [-0.39, 0.29) is 16.1 Å². The Morgan fingerprint density at radius 3 is 2.60 bits per heavy atom. The molecule has 0 aromatic carbocycles. The SMILES string of the molecule is CCCc1nc(N(CC(F)(F)F)C2CC2)sc1C(=O)O. The van der Waals surface area contributed by atoms with Crippen molar-refractivity contribution in [2.45, 2.75) is 44.8 Å². The van der Waals surface area contributed by atoms with Gasteiger partial charge in [0.2, 0.25) is 0 Å². The van der Waals surface area contributed by atoms with Crippen LogP contribution < -0.4 is 4.90 Å². The van der Waals surface area contributed by atoms with Gasteiger partial charge in [0.1, 0.15) is 11.4 Å². The second kappa shape index (κ2) is 5.59. The van der Waals surface area contributed by atoms with Crippen LogP contribution in [0.3, 0.4) is 0 Å². The van der Waals surface area contributed by atoms with Crippen LogP contribution in [0.2, 0.25) is 0 Å². The van der Waals surface area contributed by atoms with Crippen LogP contribution in [0.15, 0.2) is 0 Å². The smallest absolute Gasteiger partial charge is 0.406 e. The Morgan fingerprint density at radius 2 is 2.15 bits per heavy atom. The molecular weight excluding hydrogens is 293 g/mol. The van der Waals surface area contributed by atoms with Gasteiger partial charge in [-0.1, -0.05) is 24.7 Å². The fourth-order valence-electron chi connectivity index (χ4n) is 1.97. The molecule has 1 aliphatic carbocycles. The summed E-state index contributed by atoms with van der Waals surface area (Å²) in [4.78, 5) is 16.5. The Balaban J connectivity index is 2.29. The van der Waals surface area contributed by atoms with Crippen molar-refractivity contribution >= 4 is 22.4 Å². The van der Waals surface area contributed by atoms with E-state index in [0.29, 0.717) is 31.4 Å². The Labute approximate surface area is 118 Å². The summed E-state index contributed by atoms with van der Waals surface area (Å²) >= 11 is 0.840. The number of hydrogen-bond acceptors (Lipinski definition) is 4. The van der Waals surface area contributed by atoms with Crippen molar-refractivity contribution in [2.24, 2.45) is 0 Å². The maximum atomic E-state index is 12.6. The maximum Gasteiger partial charge on any atom is 0.406 e. The number of carbonyl (C=O) groups is 1. The van der Waals surface area contributed by atoms with Gasteiger partial charge in [0.15, 0.2) is 5.13 Å². The van der Waals surface area contributed by atoms with E-state index in [4.69, 9.17) is 5.11 Å². The van der Waals surface area contributed by atoms with E-state index in [2.05, 4.69) is 4.98 Å². The van der Waals surface area contributed by atoms with Crippen molar-refractivity contribution in [3.8, 4) is 0 Å². The van der Waals surface area contributed by atoms with E-state index in [1.54, 1.807) is 0 Å². The topological polar surface area (TPSA) is 53.4 Å². The van der Waals surface area contributed by atoms with Gasteiger partial charge in [-0.05, 0) is 19.3 Å². The lowest BCUT2D eigenvalue weighted by atomic mass is 10.2. The van der Waals surface area contributed by atoms with Gasteiger partial charge in [-0.15, -0.1) is 0 Å². The Morgan fingerprint density at radius 1 is 1.50 bits per heavy atom. The second-order valence-corrected chi connectivity index (χ2v) is 5.78. The first-order chi connectivity index (χ1) is 9.31. The minimum atomic E-state index is -4.32. The third-order valence-corrected chi connectivity index (χ3v) is 4.07. The van der Waals surface area contributed by atoms with Crippen LogP contribution in [0.25, 0.3) is 0 Å². The van der Waals surface area contributed by atoms with E-state index < -0.39 is 18.7 Å². The molecule has 1 saturated carbocycles. The molecule has 0 spiro atoms. The number of aromatic nitrogens is 1. The van der Waals surface area contributed by atoms with E-state index in [1.807, 2.05) is 6.92 Å². The highest BCUT2D eigenvalue weighted by Gasteiger charge is 2.40. The lowest BCUT2D eigenvalue weighted by molar-refractivity contribution is -0.120. The summed E-state index contributed by atoms with van der Waals surface area (Å²) in [6, 6.07) is -0.168. The standard InChI is InChI=1S/C12H15F3N2O2S/c1-2-3-8-9(10(18)19)20-11(16-8)17(7-4-5-7)6-12(13,14)15/h7H,2-6H2,1H3,(H,18,19). The summed E-state index contributed by atoms with van der Waals surface area (Å²) in [5.41, 5.74) is 0.382. The first kappa shape index (κ1) is 15.1. The molecule has 0 bridgehead atoms. The van der Waals surface area contributed by atoms with Crippen LogP contribution in [0.5, 0.6) is 0 Å². The highest BCUT2D eigenvalue weighted by Crippen LogP contribution is 2.37. The van der Waals surface area contributed by atoms with Crippen molar-refractivity contribution in [3.05, 3.63) is 10.6 Å². The largest absolute Gasteiger partial charge is 0.477 e. The molecule has 0 saturated heterocycles. The summed E-state index contributed by atoms with van der Waals surface area (Å²) in [5, 5.41) is 9.28. The number of alkyl halides is 3. The number of thiazole rings is 1. The first-order valence-electron chi connectivity index (χ1n) is 6.38. The van der Waals surface area contributed by atoms with Gasteiger partial charge < -0.3 is 10.0 Å². The van der Waals surface area contributed by atoms with Gasteiger partial charge >= 0.3 is 12.1 Å². The normalized spacial score (nSPS) is 15.4. The van der Waals surface area contributed by atoms with Gasteiger partial charge in [-0.3, -0.25) is 0 Å². The van der Waals surface area contributed by atoms with Crippen LogP contribution >= 0.6 is 11.3 Å². The van der Waals surface area contributed by atoms with Crippen molar-refractivity contribution in [1.82, 2.24) is 4.98 Å². The molecule has 1 N–H and O–H groups in total. The molecule has 0 amide bonds. The second-order valence-electron chi connectivity index (χ2n) is 4.80. The van der Waals surface area contributed by atoms with Gasteiger partial charge in [0.05, 0.1) is 5.69 Å². The molecule has 8 heteroatoms. The molecular formula is C12H15F3N2O2S. The summed E-state index contributed by atoms with van der Waals surface area (Å²) in [6.45, 7) is 0.800. The Kier molecular flexibility index (Phi) is 4.22. The first-order valence-corrected chi connectivity index (χ1v) is 7.20. The number of halogens is 3. The number of hydrogen-bond donors (Lipinski definition) is 1. The molecule has 0 atom stereocenters. The van der Waals surface area contributed by atoms with Crippen LogP contribution in [-0.4, -0.2) is 34.8 Å². The molecule has 20 heavy (non-hydrogen) atoms. The van der Waals surface area contributed by atoms with E-state index in [1.165, 1.54) is 4.90 Å². The predicted molar refractivity (Wildman–Crippen MR) is 69.5 cm³/mol. The van der Waals surface area contributed by atoms with Gasteiger partial charge in [0, 0.05) is 6.04 Å². The van der Waals surface area contributed by atoms with Crippen LogP contribution in [0.1, 0.15) is 41.6 Å².